The van der Waals surface area contributed by atoms with E-state index >= 15 is 0 Å². The number of carbonyl (C=O) groups is 1. The van der Waals surface area contributed by atoms with Gasteiger partial charge in [0.1, 0.15) is 0 Å². The molecule has 1 aliphatic rings. The van der Waals surface area contributed by atoms with Crippen molar-refractivity contribution in [3.8, 4) is 0 Å². The summed E-state index contributed by atoms with van der Waals surface area (Å²) in [5.74, 6) is -0.332. The van der Waals surface area contributed by atoms with Crippen molar-refractivity contribution in [2.75, 3.05) is 6.54 Å². The summed E-state index contributed by atoms with van der Waals surface area (Å²) in [5, 5.41) is 9.24. The molecule has 1 unspecified atom stereocenters. The van der Waals surface area contributed by atoms with Gasteiger partial charge >= 0.3 is 0 Å². The highest BCUT2D eigenvalue weighted by Gasteiger charge is 2.23. The molecule has 4 heteroatoms. The number of hydrogen-bond donors (Lipinski definition) is 1. The molecule has 1 aromatic rings. The highest BCUT2D eigenvalue weighted by Crippen LogP contribution is 2.08. The van der Waals surface area contributed by atoms with E-state index in [4.69, 9.17) is 0 Å². The second-order valence-corrected chi connectivity index (χ2v) is 3.41. The van der Waals surface area contributed by atoms with Crippen LogP contribution >= 0.6 is 0 Å². The van der Waals surface area contributed by atoms with Crippen LogP contribution in [0.25, 0.3) is 0 Å². The summed E-state index contributed by atoms with van der Waals surface area (Å²) in [4.78, 5) is 16.7. The fraction of sp³-hybridized carbons (Fsp3) is 0.273. The maximum atomic E-state index is 11.5. The number of rotatable bonds is 2. The van der Waals surface area contributed by atoms with Crippen molar-refractivity contribution in [3.05, 3.63) is 35.9 Å². The Morgan fingerprint density at radius 2 is 2.13 bits per heavy atom. The minimum absolute atomic E-state index is 0.332. The van der Waals surface area contributed by atoms with E-state index in [0.717, 1.165) is 5.56 Å². The van der Waals surface area contributed by atoms with Gasteiger partial charge in [-0.25, -0.2) is 0 Å². The molecule has 1 N–H and O–H groups in total. The van der Waals surface area contributed by atoms with Crippen molar-refractivity contribution >= 4 is 12.1 Å². The molecular formula is C11H12N2O2. The van der Waals surface area contributed by atoms with Gasteiger partial charge < -0.3 is 10.0 Å². The standard InChI is InChI=1S/C11H12N2O2/c14-10-11(15)13(7-6-12-10)8-9-4-2-1-3-5-9/h1-6,10,14H,7-8H2. The molecule has 1 amide bonds. The van der Waals surface area contributed by atoms with Crippen LogP contribution in [0, 0.1) is 0 Å². The van der Waals surface area contributed by atoms with Gasteiger partial charge in [-0.3, -0.25) is 9.79 Å². The minimum atomic E-state index is -1.22. The summed E-state index contributed by atoms with van der Waals surface area (Å²) in [6, 6.07) is 9.68. The summed E-state index contributed by atoms with van der Waals surface area (Å²) < 4.78 is 0. The zero-order valence-electron chi connectivity index (χ0n) is 8.21. The highest BCUT2D eigenvalue weighted by molar-refractivity contribution is 5.86. The van der Waals surface area contributed by atoms with Gasteiger partial charge in [-0.1, -0.05) is 30.3 Å². The fourth-order valence-corrected chi connectivity index (χ4v) is 1.51. The monoisotopic (exact) mass is 204 g/mol. The van der Waals surface area contributed by atoms with Crippen molar-refractivity contribution in [3.63, 3.8) is 0 Å². The Kier molecular flexibility index (Phi) is 2.78. The topological polar surface area (TPSA) is 52.9 Å². The molecule has 0 radical (unpaired) electrons. The third kappa shape index (κ3) is 2.22. The Morgan fingerprint density at radius 3 is 2.87 bits per heavy atom. The van der Waals surface area contributed by atoms with Crippen molar-refractivity contribution in [1.29, 1.82) is 0 Å². The number of amides is 1. The fourth-order valence-electron chi connectivity index (χ4n) is 1.51. The van der Waals surface area contributed by atoms with E-state index in [1.165, 1.54) is 0 Å². The molecule has 1 atom stereocenters. The maximum Gasteiger partial charge on any atom is 0.274 e. The number of aliphatic imine (C=N–C) groups is 1. The van der Waals surface area contributed by atoms with Gasteiger partial charge in [0.05, 0.1) is 6.54 Å². The molecule has 1 heterocycles. The van der Waals surface area contributed by atoms with Crippen molar-refractivity contribution in [2.24, 2.45) is 4.99 Å². The van der Waals surface area contributed by atoms with Crippen LogP contribution < -0.4 is 0 Å². The third-order valence-electron chi connectivity index (χ3n) is 2.30. The second kappa shape index (κ2) is 4.23. The molecule has 1 aliphatic heterocycles. The molecule has 0 aliphatic carbocycles. The van der Waals surface area contributed by atoms with Gasteiger partial charge in [-0.05, 0) is 5.56 Å². The average molecular weight is 204 g/mol. The first-order valence-corrected chi connectivity index (χ1v) is 4.80. The van der Waals surface area contributed by atoms with Gasteiger partial charge in [0.15, 0.2) is 0 Å². The number of benzene rings is 1. The molecule has 0 spiro atoms. The summed E-state index contributed by atoms with van der Waals surface area (Å²) in [6.45, 7) is 0.980. The molecule has 0 bridgehead atoms. The first-order valence-electron chi connectivity index (χ1n) is 4.80. The van der Waals surface area contributed by atoms with Gasteiger partial charge in [-0.2, -0.15) is 0 Å². The first kappa shape index (κ1) is 9.86. The summed E-state index contributed by atoms with van der Waals surface area (Å²) in [7, 11) is 0. The van der Waals surface area contributed by atoms with Gasteiger partial charge in [0, 0.05) is 12.8 Å². The van der Waals surface area contributed by atoms with E-state index in [-0.39, 0.29) is 5.91 Å². The van der Waals surface area contributed by atoms with Crippen LogP contribution in [0.15, 0.2) is 35.3 Å². The van der Waals surface area contributed by atoms with Crippen LogP contribution in [-0.2, 0) is 11.3 Å². The van der Waals surface area contributed by atoms with Crippen LogP contribution in [0.5, 0.6) is 0 Å². The van der Waals surface area contributed by atoms with E-state index in [0.29, 0.717) is 13.1 Å². The number of aliphatic hydroxyl groups excluding tert-OH is 1. The Hall–Kier alpha value is -1.68. The molecule has 15 heavy (non-hydrogen) atoms. The molecule has 1 aromatic carbocycles. The van der Waals surface area contributed by atoms with Crippen LogP contribution in [0.4, 0.5) is 0 Å². The lowest BCUT2D eigenvalue weighted by Crippen LogP contribution is -2.42. The van der Waals surface area contributed by atoms with Crippen LogP contribution in [0.1, 0.15) is 5.56 Å². The van der Waals surface area contributed by atoms with Crippen molar-refractivity contribution < 1.29 is 9.90 Å². The van der Waals surface area contributed by atoms with E-state index in [1.54, 1.807) is 11.1 Å². The molecule has 2 rings (SSSR count). The second-order valence-electron chi connectivity index (χ2n) is 3.41. The molecule has 0 saturated carbocycles. The summed E-state index contributed by atoms with van der Waals surface area (Å²) in [6.07, 6.45) is 0.345. The van der Waals surface area contributed by atoms with E-state index in [1.807, 2.05) is 30.3 Å². The Balaban J connectivity index is 2.07. The lowest BCUT2D eigenvalue weighted by molar-refractivity contribution is -0.140. The highest BCUT2D eigenvalue weighted by atomic mass is 16.3. The molecule has 0 fully saturated rings. The quantitative estimate of drug-likeness (QED) is 0.759. The molecule has 78 valence electrons. The van der Waals surface area contributed by atoms with E-state index in [2.05, 4.69) is 4.99 Å². The maximum absolute atomic E-state index is 11.5. The normalized spacial score (nSPS) is 20.7. The largest absolute Gasteiger partial charge is 0.364 e. The molecule has 0 aromatic heterocycles. The minimum Gasteiger partial charge on any atom is -0.364 e. The Bertz CT molecular complexity index is 375. The van der Waals surface area contributed by atoms with Crippen molar-refractivity contribution in [1.82, 2.24) is 4.90 Å². The molecule has 4 nitrogen and oxygen atoms in total. The van der Waals surface area contributed by atoms with Gasteiger partial charge in [-0.15, -0.1) is 0 Å². The van der Waals surface area contributed by atoms with E-state index in [9.17, 15) is 9.90 Å². The Morgan fingerprint density at radius 1 is 1.40 bits per heavy atom. The third-order valence-corrected chi connectivity index (χ3v) is 2.30. The van der Waals surface area contributed by atoms with Gasteiger partial charge in [0.2, 0.25) is 6.23 Å². The number of carbonyl (C=O) groups excluding carboxylic acids is 1. The van der Waals surface area contributed by atoms with Crippen molar-refractivity contribution in [2.45, 2.75) is 12.8 Å². The van der Waals surface area contributed by atoms with E-state index < -0.39 is 6.23 Å². The van der Waals surface area contributed by atoms with Gasteiger partial charge in [0.25, 0.3) is 5.91 Å². The predicted molar refractivity (Wildman–Crippen MR) is 56.4 cm³/mol. The lowest BCUT2D eigenvalue weighted by Gasteiger charge is -2.25. The zero-order chi connectivity index (χ0) is 10.7. The number of hydrogen-bond acceptors (Lipinski definition) is 3. The first-order chi connectivity index (χ1) is 7.27. The molecule has 0 saturated heterocycles. The van der Waals surface area contributed by atoms with Crippen LogP contribution in [0.3, 0.4) is 0 Å². The predicted octanol–water partition coefficient (Wildman–Crippen LogP) is 0.418. The number of aliphatic hydroxyl groups is 1. The van der Waals surface area contributed by atoms with Crippen LogP contribution in [-0.4, -0.2) is 34.9 Å². The summed E-state index contributed by atoms with van der Waals surface area (Å²) >= 11 is 0. The lowest BCUT2D eigenvalue weighted by atomic mass is 10.2. The zero-order valence-corrected chi connectivity index (χ0v) is 8.21. The summed E-state index contributed by atoms with van der Waals surface area (Å²) in [5.41, 5.74) is 1.05. The SMILES string of the molecule is O=C1C(O)N=CCN1Cc1ccccc1. The smallest absolute Gasteiger partial charge is 0.274 e. The Labute approximate surface area is 87.9 Å². The molecular weight excluding hydrogens is 192 g/mol. The average Bonchev–Trinajstić information content (AvgIpc) is 2.26. The van der Waals surface area contributed by atoms with Crippen LogP contribution in [0.2, 0.25) is 0 Å². The number of nitrogens with zero attached hydrogens (tertiary/aromatic N) is 2.